The van der Waals surface area contributed by atoms with Crippen LogP contribution in [0.25, 0.3) is 0 Å². The second-order valence-electron chi connectivity index (χ2n) is 4.87. The Kier molecular flexibility index (Phi) is 6.02. The molecular formula is C17H16Cl2N2O2. The first-order valence-electron chi connectivity index (χ1n) is 7.12. The molecule has 0 saturated heterocycles. The molecule has 0 aliphatic heterocycles. The van der Waals surface area contributed by atoms with Gasteiger partial charge in [0.05, 0.1) is 17.1 Å². The fraction of sp³-hybridized carbons (Fsp3) is 0.176. The van der Waals surface area contributed by atoms with E-state index in [2.05, 4.69) is 10.6 Å². The zero-order valence-electron chi connectivity index (χ0n) is 12.5. The molecule has 120 valence electrons. The number of amides is 2. The van der Waals surface area contributed by atoms with Crippen LogP contribution < -0.4 is 10.6 Å². The van der Waals surface area contributed by atoms with Gasteiger partial charge in [-0.3, -0.25) is 9.59 Å². The summed E-state index contributed by atoms with van der Waals surface area (Å²) < 4.78 is 0. The molecule has 2 aromatic rings. The highest BCUT2D eigenvalue weighted by Gasteiger charge is 2.12. The van der Waals surface area contributed by atoms with Gasteiger partial charge in [0.1, 0.15) is 0 Å². The van der Waals surface area contributed by atoms with Crippen LogP contribution in [0.15, 0.2) is 42.5 Å². The van der Waals surface area contributed by atoms with E-state index in [9.17, 15) is 9.59 Å². The molecule has 0 unspecified atom stereocenters. The monoisotopic (exact) mass is 350 g/mol. The fourth-order valence-corrected chi connectivity index (χ4v) is 2.57. The summed E-state index contributed by atoms with van der Waals surface area (Å²) >= 11 is 11.8. The maximum absolute atomic E-state index is 12.0. The number of benzene rings is 2. The van der Waals surface area contributed by atoms with Crippen LogP contribution in [-0.4, -0.2) is 18.4 Å². The van der Waals surface area contributed by atoms with Crippen molar-refractivity contribution in [1.82, 2.24) is 5.32 Å². The fourth-order valence-electron chi connectivity index (χ4n) is 2.07. The van der Waals surface area contributed by atoms with E-state index >= 15 is 0 Å². The topological polar surface area (TPSA) is 58.2 Å². The molecule has 2 aromatic carbocycles. The Morgan fingerprint density at radius 1 is 1.09 bits per heavy atom. The number of aryl methyl sites for hydroxylation is 1. The maximum atomic E-state index is 12.0. The lowest BCUT2D eigenvalue weighted by Gasteiger charge is -2.10. The van der Waals surface area contributed by atoms with Crippen LogP contribution in [0.4, 0.5) is 5.69 Å². The van der Waals surface area contributed by atoms with E-state index in [0.29, 0.717) is 5.02 Å². The minimum Gasteiger partial charge on any atom is -0.343 e. The molecule has 0 fully saturated rings. The lowest BCUT2D eigenvalue weighted by Crippen LogP contribution is -2.33. The molecule has 0 radical (unpaired) electrons. The highest BCUT2D eigenvalue weighted by molar-refractivity contribution is 6.36. The van der Waals surface area contributed by atoms with Gasteiger partial charge < -0.3 is 10.6 Å². The van der Waals surface area contributed by atoms with Gasteiger partial charge in [-0.25, -0.2) is 0 Å². The van der Waals surface area contributed by atoms with Crippen molar-refractivity contribution in [3.05, 3.63) is 63.6 Å². The lowest BCUT2D eigenvalue weighted by molar-refractivity contribution is -0.115. The summed E-state index contributed by atoms with van der Waals surface area (Å²) in [4.78, 5) is 24.0. The average Bonchev–Trinajstić information content (AvgIpc) is 2.53. The predicted octanol–water partition coefficient (Wildman–Crippen LogP) is 3.92. The molecule has 2 rings (SSSR count). The quantitative estimate of drug-likeness (QED) is 0.858. The van der Waals surface area contributed by atoms with Crippen molar-refractivity contribution in [2.45, 2.75) is 13.3 Å². The normalized spacial score (nSPS) is 10.2. The summed E-state index contributed by atoms with van der Waals surface area (Å²) in [7, 11) is 0. The van der Waals surface area contributed by atoms with E-state index in [1.165, 1.54) is 12.1 Å². The number of carbonyl (C=O) groups excluding carboxylic acids is 2. The van der Waals surface area contributed by atoms with Crippen molar-refractivity contribution in [1.29, 1.82) is 0 Å². The number of halogens is 2. The van der Waals surface area contributed by atoms with Crippen molar-refractivity contribution < 1.29 is 9.59 Å². The van der Waals surface area contributed by atoms with Gasteiger partial charge in [-0.1, -0.05) is 48.3 Å². The molecule has 4 nitrogen and oxygen atoms in total. The number of hydrogen-bond donors (Lipinski definition) is 2. The van der Waals surface area contributed by atoms with Crippen LogP contribution in [-0.2, 0) is 11.2 Å². The van der Waals surface area contributed by atoms with Crippen LogP contribution >= 0.6 is 23.2 Å². The second-order valence-corrected chi connectivity index (χ2v) is 5.71. The Bertz CT molecular complexity index is 732. The SMILES string of the molecule is CCc1ccccc1NC(=O)CNC(=O)c1ccc(Cl)cc1Cl. The van der Waals surface area contributed by atoms with Crippen molar-refractivity contribution in [2.24, 2.45) is 0 Å². The summed E-state index contributed by atoms with van der Waals surface area (Å²) in [5.74, 6) is -0.727. The van der Waals surface area contributed by atoms with Crippen LogP contribution in [0.3, 0.4) is 0 Å². The molecular weight excluding hydrogens is 335 g/mol. The molecule has 0 heterocycles. The number of para-hydroxylation sites is 1. The largest absolute Gasteiger partial charge is 0.343 e. The van der Waals surface area contributed by atoms with E-state index in [4.69, 9.17) is 23.2 Å². The van der Waals surface area contributed by atoms with Gasteiger partial charge in [0.25, 0.3) is 5.91 Å². The van der Waals surface area contributed by atoms with E-state index in [1.54, 1.807) is 6.07 Å². The zero-order valence-corrected chi connectivity index (χ0v) is 14.0. The van der Waals surface area contributed by atoms with Gasteiger partial charge in [-0.2, -0.15) is 0 Å². The van der Waals surface area contributed by atoms with Gasteiger partial charge in [-0.15, -0.1) is 0 Å². The Balaban J connectivity index is 1.95. The molecule has 0 aliphatic rings. The van der Waals surface area contributed by atoms with E-state index in [0.717, 1.165) is 17.7 Å². The summed E-state index contributed by atoms with van der Waals surface area (Å²) in [5.41, 5.74) is 2.06. The first kappa shape index (κ1) is 17.3. The van der Waals surface area contributed by atoms with Gasteiger partial charge in [-0.05, 0) is 36.2 Å². The van der Waals surface area contributed by atoms with Crippen LogP contribution in [0.2, 0.25) is 10.0 Å². The number of carbonyl (C=O) groups is 2. The van der Waals surface area contributed by atoms with Gasteiger partial charge in [0.15, 0.2) is 0 Å². The van der Waals surface area contributed by atoms with Crippen LogP contribution in [0, 0.1) is 0 Å². The van der Waals surface area contributed by atoms with Crippen molar-refractivity contribution in [2.75, 3.05) is 11.9 Å². The third-order valence-corrected chi connectivity index (χ3v) is 3.81. The first-order chi connectivity index (χ1) is 11.0. The first-order valence-corrected chi connectivity index (χ1v) is 7.88. The second kappa shape index (κ2) is 7.99. The summed E-state index contributed by atoms with van der Waals surface area (Å²) in [6.45, 7) is 1.87. The minimum atomic E-state index is -0.425. The Hall–Kier alpha value is -2.04. The number of rotatable bonds is 5. The lowest BCUT2D eigenvalue weighted by atomic mass is 10.1. The minimum absolute atomic E-state index is 0.143. The zero-order chi connectivity index (χ0) is 16.8. The van der Waals surface area contributed by atoms with Gasteiger partial charge >= 0.3 is 0 Å². The molecule has 0 bridgehead atoms. The highest BCUT2D eigenvalue weighted by Crippen LogP contribution is 2.20. The Morgan fingerprint density at radius 2 is 1.83 bits per heavy atom. The number of anilines is 1. The average molecular weight is 351 g/mol. The van der Waals surface area contributed by atoms with Gasteiger partial charge in [0, 0.05) is 10.7 Å². The summed E-state index contributed by atoms with van der Waals surface area (Å²) in [6, 6.07) is 12.1. The molecule has 0 saturated carbocycles. The van der Waals surface area contributed by atoms with Crippen molar-refractivity contribution in [3.63, 3.8) is 0 Å². The molecule has 2 N–H and O–H groups in total. The van der Waals surface area contributed by atoms with Crippen molar-refractivity contribution in [3.8, 4) is 0 Å². The third kappa shape index (κ3) is 4.71. The maximum Gasteiger partial charge on any atom is 0.253 e. The molecule has 6 heteroatoms. The Morgan fingerprint density at radius 3 is 2.52 bits per heavy atom. The highest BCUT2D eigenvalue weighted by atomic mass is 35.5. The molecule has 23 heavy (non-hydrogen) atoms. The molecule has 0 aromatic heterocycles. The van der Waals surface area contributed by atoms with Crippen LogP contribution in [0.1, 0.15) is 22.8 Å². The number of nitrogens with one attached hydrogen (secondary N) is 2. The van der Waals surface area contributed by atoms with E-state index in [-0.39, 0.29) is 23.0 Å². The Labute approximate surface area is 144 Å². The summed E-state index contributed by atoms with van der Waals surface area (Å²) in [5, 5.41) is 6.01. The standard InChI is InChI=1S/C17H16Cl2N2O2/c1-2-11-5-3-4-6-15(11)21-16(22)10-20-17(23)13-8-7-12(18)9-14(13)19/h3-9H,2,10H2,1H3,(H,20,23)(H,21,22). The molecule has 0 atom stereocenters. The number of hydrogen-bond acceptors (Lipinski definition) is 2. The predicted molar refractivity (Wildman–Crippen MR) is 93.2 cm³/mol. The molecule has 0 spiro atoms. The summed E-state index contributed by atoms with van der Waals surface area (Å²) in [6.07, 6.45) is 0.809. The third-order valence-electron chi connectivity index (χ3n) is 3.26. The van der Waals surface area contributed by atoms with E-state index in [1.807, 2.05) is 31.2 Å². The van der Waals surface area contributed by atoms with Crippen LogP contribution in [0.5, 0.6) is 0 Å². The molecule has 0 aliphatic carbocycles. The molecule has 2 amide bonds. The van der Waals surface area contributed by atoms with E-state index < -0.39 is 5.91 Å². The van der Waals surface area contributed by atoms with Gasteiger partial charge in [0.2, 0.25) is 5.91 Å². The van der Waals surface area contributed by atoms with Crippen molar-refractivity contribution >= 4 is 40.7 Å². The smallest absolute Gasteiger partial charge is 0.253 e.